The lowest BCUT2D eigenvalue weighted by Gasteiger charge is -2.37. The number of nitrogens with one attached hydrogen (secondary N) is 2. The molecule has 4 aliphatic heterocycles. The van der Waals surface area contributed by atoms with E-state index in [0.29, 0.717) is 36.5 Å². The molecule has 0 radical (unpaired) electrons. The number of piperidine rings is 1. The van der Waals surface area contributed by atoms with Crippen LogP contribution in [0.15, 0.2) is 24.3 Å². The maximum Gasteiger partial charge on any atom is 0.272 e. The second-order valence-electron chi connectivity index (χ2n) is 14.9. The fourth-order valence-electron chi connectivity index (χ4n) is 9.14. The van der Waals surface area contributed by atoms with Gasteiger partial charge in [-0.1, -0.05) is 19.3 Å². The molecule has 0 bridgehead atoms. The smallest absolute Gasteiger partial charge is 0.272 e. The van der Waals surface area contributed by atoms with Gasteiger partial charge in [-0.15, -0.1) is 10.2 Å². The maximum atomic E-state index is 15.4. The molecule has 5 heterocycles. The number of anilines is 2. The van der Waals surface area contributed by atoms with E-state index < -0.39 is 35.5 Å². The molecule has 2 N–H and O–H groups in total. The lowest BCUT2D eigenvalue weighted by molar-refractivity contribution is -0.136. The minimum absolute atomic E-state index is 0.0282. The number of nitrogens with zero attached hydrogens (tertiary/aromatic N) is 6. The topological polar surface area (TPSA) is 148 Å². The summed E-state index contributed by atoms with van der Waals surface area (Å²) in [6.45, 7) is 5.59. The zero-order valence-electron chi connectivity index (χ0n) is 28.1. The normalized spacial score (nSPS) is 27.5. The summed E-state index contributed by atoms with van der Waals surface area (Å²) in [6, 6.07) is 5.42. The van der Waals surface area contributed by atoms with Crippen LogP contribution in [-0.2, 0) is 9.59 Å². The Balaban J connectivity index is 0.816. The molecule has 2 aliphatic carbocycles. The number of imide groups is 2. The Kier molecular flexibility index (Phi) is 8.74. The van der Waals surface area contributed by atoms with Crippen molar-refractivity contribution in [3.63, 3.8) is 0 Å². The number of rotatable bonds is 7. The summed E-state index contributed by atoms with van der Waals surface area (Å²) >= 11 is 0. The average molecular weight is 687 g/mol. The second kappa shape index (κ2) is 13.3. The molecule has 6 aliphatic rings. The Labute approximate surface area is 289 Å². The van der Waals surface area contributed by atoms with Gasteiger partial charge >= 0.3 is 0 Å². The second-order valence-corrected chi connectivity index (χ2v) is 14.9. The number of halogens is 1. The first-order chi connectivity index (χ1) is 24.2. The summed E-state index contributed by atoms with van der Waals surface area (Å²) in [5.41, 5.74) is 0.697. The molecule has 8 rings (SSSR count). The van der Waals surface area contributed by atoms with Crippen LogP contribution in [0, 0.1) is 23.6 Å². The molecule has 2 saturated carbocycles. The van der Waals surface area contributed by atoms with Gasteiger partial charge in [-0.25, -0.2) is 4.39 Å². The van der Waals surface area contributed by atoms with Gasteiger partial charge in [0.25, 0.3) is 17.7 Å². The first kappa shape index (κ1) is 32.7. The molecule has 3 saturated heterocycles. The monoisotopic (exact) mass is 686 g/mol. The third-order valence-electron chi connectivity index (χ3n) is 11.7. The van der Waals surface area contributed by atoms with Gasteiger partial charge in [-0.2, -0.15) is 0 Å². The maximum absolute atomic E-state index is 15.4. The number of hydrogen-bond acceptors (Lipinski definition) is 10. The van der Waals surface area contributed by atoms with Crippen molar-refractivity contribution >= 4 is 41.0 Å². The van der Waals surface area contributed by atoms with Gasteiger partial charge in [-0.05, 0) is 74.1 Å². The lowest BCUT2D eigenvalue weighted by atomic mass is 9.95. The number of hydrogen-bond donors (Lipinski definition) is 2. The van der Waals surface area contributed by atoms with Crippen molar-refractivity contribution in [2.45, 2.75) is 69.9 Å². The molecule has 1 aromatic heterocycles. The number of benzene rings is 1. The van der Waals surface area contributed by atoms with E-state index in [-0.39, 0.29) is 41.6 Å². The van der Waals surface area contributed by atoms with Crippen molar-refractivity contribution in [2.75, 3.05) is 55.6 Å². The number of amides is 5. The zero-order chi connectivity index (χ0) is 34.5. The van der Waals surface area contributed by atoms with Crippen LogP contribution in [-0.4, -0.2) is 107 Å². The van der Waals surface area contributed by atoms with E-state index in [0.717, 1.165) is 88.0 Å². The Hall–Kier alpha value is -4.46. The molecule has 2 aromatic rings. The van der Waals surface area contributed by atoms with Crippen molar-refractivity contribution in [2.24, 2.45) is 17.8 Å². The van der Waals surface area contributed by atoms with Crippen molar-refractivity contribution in [1.82, 2.24) is 30.6 Å². The van der Waals surface area contributed by atoms with Gasteiger partial charge in [-0.3, -0.25) is 39.1 Å². The fraction of sp³-hybridized carbons (Fsp3) is 0.583. The van der Waals surface area contributed by atoms with E-state index in [2.05, 4.69) is 30.6 Å². The summed E-state index contributed by atoms with van der Waals surface area (Å²) in [5, 5.41) is 14.0. The highest BCUT2D eigenvalue weighted by Crippen LogP contribution is 2.43. The van der Waals surface area contributed by atoms with Crippen LogP contribution in [0.4, 0.5) is 15.9 Å². The molecular weight excluding hydrogens is 643 g/mol. The highest BCUT2D eigenvalue weighted by atomic mass is 19.1. The SMILES string of the molecule is O=C1CCC(N2C(=O)c3cc(F)c(N4CCN(CC5C[C@@H]6CN(c7ccc(C(=O)NC8CCCCC8)nn7)C[C@@H]6C5)CC4)cc3C2=O)C(=O)N1. The molecule has 5 amide bonds. The number of aromatic nitrogens is 2. The summed E-state index contributed by atoms with van der Waals surface area (Å²) in [4.78, 5) is 70.5. The number of carbonyl (C=O) groups excluding carboxylic acids is 5. The van der Waals surface area contributed by atoms with Gasteiger partial charge in [0, 0.05) is 58.3 Å². The molecule has 13 nitrogen and oxygen atoms in total. The summed E-state index contributed by atoms with van der Waals surface area (Å²) in [7, 11) is 0. The van der Waals surface area contributed by atoms with Crippen molar-refractivity contribution in [3.05, 3.63) is 46.9 Å². The highest BCUT2D eigenvalue weighted by Gasteiger charge is 2.46. The lowest BCUT2D eigenvalue weighted by Crippen LogP contribution is -2.54. The highest BCUT2D eigenvalue weighted by molar-refractivity contribution is 6.23. The molecular formula is C36H43FN8O5. The summed E-state index contributed by atoms with van der Waals surface area (Å²) < 4.78 is 15.4. The van der Waals surface area contributed by atoms with Crippen LogP contribution in [0.3, 0.4) is 0 Å². The largest absolute Gasteiger partial charge is 0.367 e. The Bertz CT molecular complexity index is 1690. The van der Waals surface area contributed by atoms with E-state index in [1.54, 1.807) is 6.07 Å². The van der Waals surface area contributed by atoms with Crippen molar-refractivity contribution in [3.8, 4) is 0 Å². The molecule has 14 heteroatoms. The molecule has 264 valence electrons. The number of piperazine rings is 1. The van der Waals surface area contributed by atoms with Crippen LogP contribution < -0.4 is 20.4 Å². The van der Waals surface area contributed by atoms with Gasteiger partial charge < -0.3 is 15.1 Å². The van der Waals surface area contributed by atoms with E-state index in [1.807, 2.05) is 11.0 Å². The molecule has 0 spiro atoms. The van der Waals surface area contributed by atoms with Crippen LogP contribution in [0.1, 0.15) is 89.0 Å². The first-order valence-corrected chi connectivity index (χ1v) is 18.1. The molecule has 1 aromatic carbocycles. The van der Waals surface area contributed by atoms with E-state index >= 15 is 4.39 Å². The predicted octanol–water partition coefficient (Wildman–Crippen LogP) is 2.36. The Morgan fingerprint density at radius 1 is 0.860 bits per heavy atom. The quantitative estimate of drug-likeness (QED) is 0.416. The van der Waals surface area contributed by atoms with Gasteiger partial charge in [0.2, 0.25) is 11.8 Å². The minimum atomic E-state index is -1.08. The summed E-state index contributed by atoms with van der Waals surface area (Å²) in [5.74, 6) is -0.571. The van der Waals surface area contributed by atoms with E-state index in [4.69, 9.17) is 0 Å². The zero-order valence-corrected chi connectivity index (χ0v) is 28.1. The molecule has 50 heavy (non-hydrogen) atoms. The third kappa shape index (κ3) is 6.22. The first-order valence-electron chi connectivity index (χ1n) is 18.1. The fourth-order valence-corrected chi connectivity index (χ4v) is 9.14. The van der Waals surface area contributed by atoms with E-state index in [1.165, 1.54) is 12.5 Å². The van der Waals surface area contributed by atoms with Gasteiger partial charge in [0.15, 0.2) is 11.5 Å². The summed E-state index contributed by atoms with van der Waals surface area (Å²) in [6.07, 6.45) is 8.00. The van der Waals surface area contributed by atoms with Crippen LogP contribution in [0.25, 0.3) is 0 Å². The van der Waals surface area contributed by atoms with Gasteiger partial charge in [0.05, 0.1) is 16.8 Å². The third-order valence-corrected chi connectivity index (χ3v) is 11.7. The van der Waals surface area contributed by atoms with Gasteiger partial charge in [0.1, 0.15) is 11.9 Å². The van der Waals surface area contributed by atoms with Crippen molar-refractivity contribution in [1.29, 1.82) is 0 Å². The number of carbonyl (C=O) groups is 5. The minimum Gasteiger partial charge on any atom is -0.367 e. The predicted molar refractivity (Wildman–Crippen MR) is 180 cm³/mol. The molecule has 4 atom stereocenters. The van der Waals surface area contributed by atoms with Crippen LogP contribution in [0.2, 0.25) is 0 Å². The van der Waals surface area contributed by atoms with Crippen molar-refractivity contribution < 1.29 is 28.4 Å². The van der Waals surface area contributed by atoms with Crippen LogP contribution >= 0.6 is 0 Å². The molecule has 2 unspecified atom stereocenters. The Morgan fingerprint density at radius 3 is 2.22 bits per heavy atom. The standard InChI is InChI=1S/C36H43FN8O5/c37-27-16-25-26(36(50)45(35(25)49)29-7-9-32(46)39-34(29)48)17-30(27)43-12-10-42(11-13-43)18-21-14-22-19-44(20-23(22)15-21)31-8-6-28(40-41-31)33(47)38-24-4-2-1-3-5-24/h6,8,16-17,21-24,29H,1-5,7,9-15,18-20H2,(H,38,47)(H,39,46,48)/t21?,22-,23+,29?. The average Bonchev–Trinajstić information content (AvgIpc) is 3.75. The molecule has 5 fully saturated rings. The van der Waals surface area contributed by atoms with Crippen LogP contribution in [0.5, 0.6) is 0 Å². The Morgan fingerprint density at radius 2 is 1.56 bits per heavy atom. The van der Waals surface area contributed by atoms with E-state index in [9.17, 15) is 24.0 Å². The number of fused-ring (bicyclic) bond motifs is 2.